The van der Waals surface area contributed by atoms with Crippen molar-refractivity contribution in [1.29, 1.82) is 0 Å². The number of nitrogens with zero attached hydrogens (tertiary/aromatic N) is 1. The van der Waals surface area contributed by atoms with Crippen molar-refractivity contribution in [2.45, 2.75) is 38.8 Å². The molecule has 1 unspecified atom stereocenters. The molecule has 0 bridgehead atoms. The third kappa shape index (κ3) is 3.24. The van der Waals surface area contributed by atoms with Crippen LogP contribution in [0.4, 0.5) is 5.69 Å². The smallest absolute Gasteiger partial charge is 0.0662 e. The second-order valence-corrected chi connectivity index (χ2v) is 5.18. The number of aliphatic hydroxyl groups is 1. The summed E-state index contributed by atoms with van der Waals surface area (Å²) in [5.41, 5.74) is 4.14. The minimum Gasteiger partial charge on any atom is -0.392 e. The molecule has 1 aliphatic heterocycles. The maximum atomic E-state index is 9.49. The third-order valence-corrected chi connectivity index (χ3v) is 3.68. The van der Waals surface area contributed by atoms with E-state index >= 15 is 0 Å². The third-order valence-electron chi connectivity index (χ3n) is 3.68. The lowest BCUT2D eigenvalue weighted by molar-refractivity contribution is 0.167. The van der Waals surface area contributed by atoms with Crippen LogP contribution in [0.25, 0.3) is 0 Å². The Hall–Kier alpha value is -1.06. The normalized spacial score (nSPS) is 16.5. The zero-order valence-corrected chi connectivity index (χ0v) is 11.4. The van der Waals surface area contributed by atoms with Crippen LogP contribution in [-0.4, -0.2) is 31.3 Å². The zero-order chi connectivity index (χ0) is 13.0. The van der Waals surface area contributed by atoms with Crippen LogP contribution in [0.2, 0.25) is 0 Å². The largest absolute Gasteiger partial charge is 0.392 e. The summed E-state index contributed by atoms with van der Waals surface area (Å²) in [5.74, 6) is 0. The van der Waals surface area contributed by atoms with E-state index in [9.17, 15) is 5.11 Å². The van der Waals surface area contributed by atoms with Crippen LogP contribution in [0.5, 0.6) is 0 Å². The van der Waals surface area contributed by atoms with Gasteiger partial charge in [0.15, 0.2) is 0 Å². The van der Waals surface area contributed by atoms with Gasteiger partial charge in [-0.1, -0.05) is 19.1 Å². The summed E-state index contributed by atoms with van der Waals surface area (Å²) < 4.78 is 0. The fraction of sp³-hybridized carbons (Fsp3) is 0.600. The number of nitrogens with one attached hydrogen (secondary N) is 1. The molecule has 1 atom stereocenters. The SMILES string of the molecule is CCC(O)CNCc1ccc2c(c1)CCCN2C. The molecule has 100 valence electrons. The highest BCUT2D eigenvalue weighted by atomic mass is 16.3. The Morgan fingerprint density at radius 3 is 3.06 bits per heavy atom. The number of aryl methyl sites for hydroxylation is 1. The van der Waals surface area contributed by atoms with Gasteiger partial charge < -0.3 is 15.3 Å². The fourth-order valence-corrected chi connectivity index (χ4v) is 2.48. The van der Waals surface area contributed by atoms with Crippen LogP contribution < -0.4 is 10.2 Å². The molecule has 1 heterocycles. The van der Waals surface area contributed by atoms with E-state index in [0.717, 1.165) is 19.5 Å². The first-order valence-corrected chi connectivity index (χ1v) is 6.92. The van der Waals surface area contributed by atoms with Gasteiger partial charge in [-0.25, -0.2) is 0 Å². The van der Waals surface area contributed by atoms with Crippen molar-refractivity contribution in [3.63, 3.8) is 0 Å². The molecule has 1 aromatic rings. The van der Waals surface area contributed by atoms with Crippen molar-refractivity contribution in [2.24, 2.45) is 0 Å². The lowest BCUT2D eigenvalue weighted by atomic mass is 9.99. The molecule has 0 saturated heterocycles. The molecule has 18 heavy (non-hydrogen) atoms. The molecule has 0 fully saturated rings. The molecule has 3 heteroatoms. The molecule has 2 N–H and O–H groups in total. The highest BCUT2D eigenvalue weighted by Gasteiger charge is 2.13. The van der Waals surface area contributed by atoms with Gasteiger partial charge in [0, 0.05) is 32.4 Å². The van der Waals surface area contributed by atoms with Crippen LogP contribution in [0, 0.1) is 0 Å². The number of aliphatic hydroxyl groups excluding tert-OH is 1. The molecule has 0 spiro atoms. The van der Waals surface area contributed by atoms with E-state index in [1.165, 1.54) is 29.7 Å². The second-order valence-electron chi connectivity index (χ2n) is 5.18. The van der Waals surface area contributed by atoms with Gasteiger partial charge in [0.1, 0.15) is 0 Å². The average Bonchev–Trinajstić information content (AvgIpc) is 2.38. The molecule has 1 aliphatic rings. The van der Waals surface area contributed by atoms with Gasteiger partial charge in [-0.15, -0.1) is 0 Å². The van der Waals surface area contributed by atoms with Crippen LogP contribution >= 0.6 is 0 Å². The Bertz CT molecular complexity index is 392. The van der Waals surface area contributed by atoms with Gasteiger partial charge in [0.05, 0.1) is 6.10 Å². The molecule has 2 rings (SSSR count). The van der Waals surface area contributed by atoms with Crippen molar-refractivity contribution in [1.82, 2.24) is 5.32 Å². The fourth-order valence-electron chi connectivity index (χ4n) is 2.48. The molecule has 0 radical (unpaired) electrons. The van der Waals surface area contributed by atoms with Crippen molar-refractivity contribution < 1.29 is 5.11 Å². The predicted molar refractivity (Wildman–Crippen MR) is 76.0 cm³/mol. The van der Waals surface area contributed by atoms with E-state index in [1.807, 2.05) is 6.92 Å². The molecular weight excluding hydrogens is 224 g/mol. The summed E-state index contributed by atoms with van der Waals surface area (Å²) in [6, 6.07) is 6.71. The second kappa shape index (κ2) is 6.21. The predicted octanol–water partition coefficient (Wildman–Crippen LogP) is 1.93. The summed E-state index contributed by atoms with van der Waals surface area (Å²) in [7, 11) is 2.16. The number of benzene rings is 1. The number of rotatable bonds is 5. The summed E-state index contributed by atoms with van der Waals surface area (Å²) >= 11 is 0. The topological polar surface area (TPSA) is 35.5 Å². The minimum atomic E-state index is -0.228. The molecule has 0 saturated carbocycles. The summed E-state index contributed by atoms with van der Waals surface area (Å²) in [4.78, 5) is 2.33. The molecule has 0 amide bonds. The highest BCUT2D eigenvalue weighted by Crippen LogP contribution is 2.26. The lowest BCUT2D eigenvalue weighted by Crippen LogP contribution is -2.26. The van der Waals surface area contributed by atoms with Crippen LogP contribution in [0.1, 0.15) is 30.9 Å². The van der Waals surface area contributed by atoms with E-state index in [0.29, 0.717) is 6.54 Å². The summed E-state index contributed by atoms with van der Waals surface area (Å²) in [6.45, 7) is 4.68. The molecule has 1 aromatic carbocycles. The van der Waals surface area contributed by atoms with Crippen molar-refractivity contribution in [3.05, 3.63) is 29.3 Å². The standard InChI is InChI=1S/C15H24N2O/c1-3-14(18)11-16-10-12-6-7-15-13(9-12)5-4-8-17(15)2/h6-7,9,14,16,18H,3-5,8,10-11H2,1-2H3. The lowest BCUT2D eigenvalue weighted by Gasteiger charge is -2.27. The van der Waals surface area contributed by atoms with Crippen molar-refractivity contribution in [3.8, 4) is 0 Å². The van der Waals surface area contributed by atoms with Crippen molar-refractivity contribution >= 4 is 5.69 Å². The van der Waals surface area contributed by atoms with Gasteiger partial charge in [0.2, 0.25) is 0 Å². The van der Waals surface area contributed by atoms with Gasteiger partial charge >= 0.3 is 0 Å². The summed E-state index contributed by atoms with van der Waals surface area (Å²) in [6.07, 6.45) is 3.01. The van der Waals surface area contributed by atoms with Gasteiger partial charge in [-0.3, -0.25) is 0 Å². The molecule has 0 aromatic heterocycles. The first-order chi connectivity index (χ1) is 8.70. The van der Waals surface area contributed by atoms with Crippen LogP contribution in [0.15, 0.2) is 18.2 Å². The monoisotopic (exact) mass is 248 g/mol. The van der Waals surface area contributed by atoms with E-state index < -0.39 is 0 Å². The molecule has 0 aliphatic carbocycles. The number of hydrogen-bond donors (Lipinski definition) is 2. The first-order valence-electron chi connectivity index (χ1n) is 6.92. The molecule has 3 nitrogen and oxygen atoms in total. The Kier molecular flexibility index (Phi) is 4.61. The quantitative estimate of drug-likeness (QED) is 0.836. The van der Waals surface area contributed by atoms with Crippen LogP contribution in [-0.2, 0) is 13.0 Å². The van der Waals surface area contributed by atoms with E-state index in [2.05, 4.69) is 35.5 Å². The average molecular weight is 248 g/mol. The van der Waals surface area contributed by atoms with Crippen LogP contribution in [0.3, 0.4) is 0 Å². The first kappa shape index (κ1) is 13.4. The van der Waals surface area contributed by atoms with E-state index in [-0.39, 0.29) is 6.10 Å². The Morgan fingerprint density at radius 2 is 2.28 bits per heavy atom. The Labute approximate surface area is 110 Å². The van der Waals surface area contributed by atoms with Gasteiger partial charge in [-0.05, 0) is 36.5 Å². The molecular formula is C15H24N2O. The number of fused-ring (bicyclic) bond motifs is 1. The van der Waals surface area contributed by atoms with Gasteiger partial charge in [0.25, 0.3) is 0 Å². The van der Waals surface area contributed by atoms with E-state index in [1.54, 1.807) is 0 Å². The zero-order valence-electron chi connectivity index (χ0n) is 11.4. The number of anilines is 1. The Balaban J connectivity index is 1.94. The maximum Gasteiger partial charge on any atom is 0.0662 e. The minimum absolute atomic E-state index is 0.228. The highest BCUT2D eigenvalue weighted by molar-refractivity contribution is 5.56. The van der Waals surface area contributed by atoms with Crippen molar-refractivity contribution in [2.75, 3.05) is 25.0 Å². The maximum absolute atomic E-state index is 9.49. The number of hydrogen-bond acceptors (Lipinski definition) is 3. The Morgan fingerprint density at radius 1 is 1.44 bits per heavy atom. The summed E-state index contributed by atoms with van der Waals surface area (Å²) in [5, 5.41) is 12.8. The van der Waals surface area contributed by atoms with E-state index in [4.69, 9.17) is 0 Å². The van der Waals surface area contributed by atoms with Gasteiger partial charge in [-0.2, -0.15) is 0 Å².